The third-order valence-corrected chi connectivity index (χ3v) is 3.28. The van der Waals surface area contributed by atoms with Crippen molar-refractivity contribution in [3.63, 3.8) is 0 Å². The number of rotatable bonds is 2. The van der Waals surface area contributed by atoms with Crippen molar-refractivity contribution in [1.29, 1.82) is 0 Å². The summed E-state index contributed by atoms with van der Waals surface area (Å²) in [6, 6.07) is 12.3. The SMILES string of the molecule is C#Cc1cccc(NC(=O)c2ccc3c(c2)NC(=O)C3)c1. The predicted octanol–water partition coefficient (Wildman–Crippen LogP) is 2.41. The van der Waals surface area contributed by atoms with Crippen molar-refractivity contribution in [2.24, 2.45) is 0 Å². The Balaban J connectivity index is 1.81. The molecule has 2 aromatic carbocycles. The molecule has 4 heteroatoms. The highest BCUT2D eigenvalue weighted by Gasteiger charge is 2.19. The number of benzene rings is 2. The van der Waals surface area contributed by atoms with E-state index in [2.05, 4.69) is 16.6 Å². The number of anilines is 2. The molecule has 21 heavy (non-hydrogen) atoms. The van der Waals surface area contributed by atoms with Crippen molar-refractivity contribution in [3.05, 3.63) is 59.2 Å². The van der Waals surface area contributed by atoms with Gasteiger partial charge in [0.15, 0.2) is 0 Å². The van der Waals surface area contributed by atoms with Gasteiger partial charge in [-0.25, -0.2) is 0 Å². The summed E-state index contributed by atoms with van der Waals surface area (Å²) in [5.74, 6) is 2.23. The number of amides is 2. The molecule has 2 N–H and O–H groups in total. The van der Waals surface area contributed by atoms with Crippen LogP contribution in [0.5, 0.6) is 0 Å². The summed E-state index contributed by atoms with van der Waals surface area (Å²) in [5, 5.41) is 5.52. The lowest BCUT2D eigenvalue weighted by molar-refractivity contribution is -0.115. The molecule has 0 fully saturated rings. The minimum Gasteiger partial charge on any atom is -0.326 e. The number of hydrogen-bond acceptors (Lipinski definition) is 2. The fraction of sp³-hybridized carbons (Fsp3) is 0.0588. The predicted molar refractivity (Wildman–Crippen MR) is 81.1 cm³/mol. The van der Waals surface area contributed by atoms with E-state index in [4.69, 9.17) is 6.42 Å². The third-order valence-electron chi connectivity index (χ3n) is 3.28. The third kappa shape index (κ3) is 2.63. The van der Waals surface area contributed by atoms with E-state index in [1.54, 1.807) is 42.5 Å². The summed E-state index contributed by atoms with van der Waals surface area (Å²) < 4.78 is 0. The summed E-state index contributed by atoms with van der Waals surface area (Å²) >= 11 is 0. The number of terminal acetylenes is 1. The zero-order valence-corrected chi connectivity index (χ0v) is 11.1. The van der Waals surface area contributed by atoms with Crippen LogP contribution in [0.4, 0.5) is 11.4 Å². The number of fused-ring (bicyclic) bond motifs is 1. The van der Waals surface area contributed by atoms with Gasteiger partial charge in [0.25, 0.3) is 5.91 Å². The van der Waals surface area contributed by atoms with Crippen molar-refractivity contribution in [3.8, 4) is 12.3 Å². The highest BCUT2D eigenvalue weighted by Crippen LogP contribution is 2.24. The molecule has 3 rings (SSSR count). The summed E-state index contributed by atoms with van der Waals surface area (Å²) in [6.45, 7) is 0. The van der Waals surface area contributed by atoms with Crippen molar-refractivity contribution in [2.45, 2.75) is 6.42 Å². The number of nitrogens with one attached hydrogen (secondary N) is 2. The van der Waals surface area contributed by atoms with Crippen LogP contribution in [-0.4, -0.2) is 11.8 Å². The first-order valence-corrected chi connectivity index (χ1v) is 6.46. The van der Waals surface area contributed by atoms with E-state index in [9.17, 15) is 9.59 Å². The Morgan fingerprint density at radius 3 is 2.90 bits per heavy atom. The highest BCUT2D eigenvalue weighted by atomic mass is 16.2. The van der Waals surface area contributed by atoms with Crippen LogP contribution < -0.4 is 10.6 Å². The largest absolute Gasteiger partial charge is 0.326 e. The minimum atomic E-state index is -0.242. The van der Waals surface area contributed by atoms with Gasteiger partial charge in [-0.15, -0.1) is 6.42 Å². The summed E-state index contributed by atoms with van der Waals surface area (Å²) in [4.78, 5) is 23.5. The molecule has 0 saturated carbocycles. The standard InChI is InChI=1S/C17H12N2O2/c1-2-11-4-3-5-14(8-11)18-17(21)13-7-6-12-10-16(20)19-15(12)9-13/h1,3-9H,10H2,(H,18,21)(H,19,20). The first kappa shape index (κ1) is 12.9. The van der Waals surface area contributed by atoms with Crippen molar-refractivity contribution in [2.75, 3.05) is 10.6 Å². The Hall–Kier alpha value is -3.06. The molecule has 1 aliphatic heterocycles. The quantitative estimate of drug-likeness (QED) is 0.828. The Bertz CT molecular complexity index is 788. The van der Waals surface area contributed by atoms with E-state index in [1.165, 1.54) is 0 Å². The Labute approximate surface area is 122 Å². The van der Waals surface area contributed by atoms with E-state index in [-0.39, 0.29) is 11.8 Å². The van der Waals surface area contributed by atoms with Gasteiger partial charge in [-0.2, -0.15) is 0 Å². The van der Waals surface area contributed by atoms with Gasteiger partial charge in [-0.1, -0.05) is 18.1 Å². The maximum atomic E-state index is 12.2. The molecule has 2 aromatic rings. The molecule has 0 bridgehead atoms. The second kappa shape index (κ2) is 5.14. The molecule has 0 saturated heterocycles. The molecule has 0 atom stereocenters. The highest BCUT2D eigenvalue weighted by molar-refractivity contribution is 6.07. The number of hydrogen-bond donors (Lipinski definition) is 2. The molecule has 2 amide bonds. The van der Waals surface area contributed by atoms with E-state index in [0.29, 0.717) is 28.9 Å². The Kier molecular flexibility index (Phi) is 3.17. The lowest BCUT2D eigenvalue weighted by Crippen LogP contribution is -2.12. The maximum absolute atomic E-state index is 12.2. The van der Waals surface area contributed by atoms with Crippen molar-refractivity contribution < 1.29 is 9.59 Å². The van der Waals surface area contributed by atoms with Gasteiger partial charge in [-0.3, -0.25) is 9.59 Å². The van der Waals surface area contributed by atoms with Crippen LogP contribution in [0, 0.1) is 12.3 Å². The van der Waals surface area contributed by atoms with Gasteiger partial charge in [-0.05, 0) is 35.9 Å². The molecule has 1 heterocycles. The van der Waals surface area contributed by atoms with Crippen LogP contribution in [0.3, 0.4) is 0 Å². The molecule has 0 spiro atoms. The fourth-order valence-electron chi connectivity index (χ4n) is 2.25. The second-order valence-corrected chi connectivity index (χ2v) is 4.78. The molecule has 0 aromatic heterocycles. The summed E-state index contributed by atoms with van der Waals surface area (Å²) in [5.41, 5.74) is 3.44. The zero-order valence-electron chi connectivity index (χ0n) is 11.1. The minimum absolute atomic E-state index is 0.0516. The van der Waals surface area contributed by atoms with Gasteiger partial charge in [0, 0.05) is 22.5 Å². The summed E-state index contributed by atoms with van der Waals surface area (Å²) in [6.07, 6.45) is 5.69. The van der Waals surface area contributed by atoms with Crippen LogP contribution in [0.2, 0.25) is 0 Å². The van der Waals surface area contributed by atoms with Gasteiger partial charge < -0.3 is 10.6 Å². The molecule has 0 aliphatic carbocycles. The zero-order chi connectivity index (χ0) is 14.8. The first-order valence-electron chi connectivity index (χ1n) is 6.46. The average molecular weight is 276 g/mol. The second-order valence-electron chi connectivity index (χ2n) is 4.78. The maximum Gasteiger partial charge on any atom is 0.255 e. The van der Waals surface area contributed by atoms with Crippen molar-refractivity contribution >= 4 is 23.2 Å². The fourth-order valence-corrected chi connectivity index (χ4v) is 2.25. The smallest absolute Gasteiger partial charge is 0.255 e. The van der Waals surface area contributed by atoms with Crippen LogP contribution >= 0.6 is 0 Å². The van der Waals surface area contributed by atoms with E-state index >= 15 is 0 Å². The number of carbonyl (C=O) groups is 2. The normalized spacial score (nSPS) is 12.2. The van der Waals surface area contributed by atoms with Gasteiger partial charge in [0.1, 0.15) is 0 Å². The first-order chi connectivity index (χ1) is 10.2. The number of carbonyl (C=O) groups excluding carboxylic acids is 2. The van der Waals surface area contributed by atoms with E-state index in [1.807, 2.05) is 0 Å². The monoisotopic (exact) mass is 276 g/mol. The Morgan fingerprint density at radius 1 is 1.24 bits per heavy atom. The van der Waals surface area contributed by atoms with Crippen LogP contribution in [0.15, 0.2) is 42.5 Å². The Morgan fingerprint density at radius 2 is 2.10 bits per heavy atom. The summed E-state index contributed by atoms with van der Waals surface area (Å²) in [7, 11) is 0. The van der Waals surface area contributed by atoms with Crippen molar-refractivity contribution in [1.82, 2.24) is 0 Å². The molecule has 0 unspecified atom stereocenters. The lowest BCUT2D eigenvalue weighted by Gasteiger charge is -2.07. The van der Waals surface area contributed by atoms with Gasteiger partial charge in [0.05, 0.1) is 6.42 Å². The average Bonchev–Trinajstić information content (AvgIpc) is 2.86. The molecular weight excluding hydrogens is 264 g/mol. The molecule has 0 radical (unpaired) electrons. The molecule has 102 valence electrons. The van der Waals surface area contributed by atoms with E-state index < -0.39 is 0 Å². The topological polar surface area (TPSA) is 58.2 Å². The van der Waals surface area contributed by atoms with Gasteiger partial charge in [0.2, 0.25) is 5.91 Å². The van der Waals surface area contributed by atoms with Crippen LogP contribution in [-0.2, 0) is 11.2 Å². The molecule has 4 nitrogen and oxygen atoms in total. The molecular formula is C17H12N2O2. The molecule has 1 aliphatic rings. The van der Waals surface area contributed by atoms with Gasteiger partial charge >= 0.3 is 0 Å². The van der Waals surface area contributed by atoms with E-state index in [0.717, 1.165) is 5.56 Å². The lowest BCUT2D eigenvalue weighted by atomic mass is 10.1. The van der Waals surface area contributed by atoms with Crippen LogP contribution in [0.25, 0.3) is 0 Å². The van der Waals surface area contributed by atoms with Crippen LogP contribution in [0.1, 0.15) is 21.5 Å².